The molecule has 170 valence electrons. The molecular weight excluding hydrogens is 428 g/mol. The Morgan fingerprint density at radius 3 is 2.69 bits per heavy atom. The summed E-state index contributed by atoms with van der Waals surface area (Å²) in [5.41, 5.74) is 4.99. The van der Waals surface area contributed by atoms with Gasteiger partial charge in [0.25, 0.3) is 0 Å². The van der Waals surface area contributed by atoms with E-state index in [1.54, 1.807) is 25.1 Å². The third-order valence-corrected chi connectivity index (χ3v) is 6.69. The van der Waals surface area contributed by atoms with Crippen molar-refractivity contribution in [1.82, 2.24) is 10.2 Å². The number of amides is 2. The minimum absolute atomic E-state index is 0.0280. The Balaban J connectivity index is 1.46. The van der Waals surface area contributed by atoms with Gasteiger partial charge in [-0.05, 0) is 48.2 Å². The number of nitrogens with zero attached hydrogens (tertiary/aromatic N) is 2. The van der Waals surface area contributed by atoms with Crippen LogP contribution < -0.4 is 15.5 Å². The van der Waals surface area contributed by atoms with Crippen molar-refractivity contribution in [2.75, 3.05) is 56.7 Å². The number of carbonyl (C=O) groups excluding carboxylic acids is 2. The SMILES string of the molecule is Cc1c(Cl)cccc1NC(=O)C(=O)NCC(c1ccc2c(c1)CCN2C)N1CCOCC1. The van der Waals surface area contributed by atoms with Crippen molar-refractivity contribution in [3.63, 3.8) is 0 Å². The quantitative estimate of drug-likeness (QED) is 0.677. The molecule has 32 heavy (non-hydrogen) atoms. The summed E-state index contributed by atoms with van der Waals surface area (Å²) >= 11 is 6.11. The van der Waals surface area contributed by atoms with E-state index in [0.29, 0.717) is 30.5 Å². The molecule has 2 aliphatic rings. The highest BCUT2D eigenvalue weighted by molar-refractivity contribution is 6.40. The average molecular weight is 457 g/mol. The molecule has 0 aliphatic carbocycles. The lowest BCUT2D eigenvalue weighted by Gasteiger charge is -2.35. The van der Waals surface area contributed by atoms with Crippen LogP contribution in [0.3, 0.4) is 0 Å². The summed E-state index contributed by atoms with van der Waals surface area (Å²) in [4.78, 5) is 29.6. The molecule has 2 aromatic carbocycles. The minimum atomic E-state index is -0.702. The molecule has 7 nitrogen and oxygen atoms in total. The van der Waals surface area contributed by atoms with Crippen LogP contribution >= 0.6 is 11.6 Å². The Bertz CT molecular complexity index is 1010. The number of carbonyl (C=O) groups is 2. The zero-order valence-electron chi connectivity index (χ0n) is 18.5. The van der Waals surface area contributed by atoms with E-state index < -0.39 is 11.8 Å². The second-order valence-corrected chi connectivity index (χ2v) is 8.71. The number of likely N-dealkylation sites (N-methyl/N-ethyl adjacent to an activating group) is 1. The topological polar surface area (TPSA) is 73.9 Å². The van der Waals surface area contributed by atoms with Gasteiger partial charge in [-0.2, -0.15) is 0 Å². The molecule has 1 fully saturated rings. The Hall–Kier alpha value is -2.61. The number of morpholine rings is 1. The van der Waals surface area contributed by atoms with E-state index in [-0.39, 0.29) is 6.04 Å². The van der Waals surface area contributed by atoms with Gasteiger partial charge in [0.2, 0.25) is 0 Å². The molecule has 0 bridgehead atoms. The molecule has 1 unspecified atom stereocenters. The molecule has 8 heteroatoms. The Morgan fingerprint density at radius 1 is 1.12 bits per heavy atom. The summed E-state index contributed by atoms with van der Waals surface area (Å²) < 4.78 is 5.51. The fourth-order valence-corrected chi connectivity index (χ4v) is 4.51. The Kier molecular flexibility index (Phi) is 6.98. The maximum atomic E-state index is 12.6. The van der Waals surface area contributed by atoms with Crippen molar-refractivity contribution in [3.8, 4) is 0 Å². The van der Waals surface area contributed by atoms with Gasteiger partial charge in [0, 0.05) is 49.6 Å². The molecule has 0 saturated carbocycles. The Labute approximate surface area is 193 Å². The third-order valence-electron chi connectivity index (χ3n) is 6.28. The van der Waals surface area contributed by atoms with Crippen LogP contribution in [-0.4, -0.2) is 63.2 Å². The number of ether oxygens (including phenoxy) is 1. The van der Waals surface area contributed by atoms with Crippen LogP contribution in [0.4, 0.5) is 11.4 Å². The first-order valence-corrected chi connectivity index (χ1v) is 11.3. The number of anilines is 2. The van der Waals surface area contributed by atoms with Crippen molar-refractivity contribution >= 4 is 34.8 Å². The highest BCUT2D eigenvalue weighted by Crippen LogP contribution is 2.31. The second kappa shape index (κ2) is 9.90. The van der Waals surface area contributed by atoms with Gasteiger partial charge < -0.3 is 20.3 Å². The van der Waals surface area contributed by atoms with Gasteiger partial charge in [0.15, 0.2) is 0 Å². The van der Waals surface area contributed by atoms with Crippen LogP contribution in [0.25, 0.3) is 0 Å². The first-order chi connectivity index (χ1) is 15.4. The molecule has 2 heterocycles. The maximum Gasteiger partial charge on any atom is 0.313 e. The summed E-state index contributed by atoms with van der Waals surface area (Å²) in [7, 11) is 2.10. The third kappa shape index (κ3) is 4.90. The van der Waals surface area contributed by atoms with Crippen LogP contribution in [0, 0.1) is 6.92 Å². The van der Waals surface area contributed by atoms with Crippen LogP contribution in [0.1, 0.15) is 22.7 Å². The molecule has 0 radical (unpaired) electrons. The molecule has 4 rings (SSSR count). The lowest BCUT2D eigenvalue weighted by Crippen LogP contribution is -2.45. The molecule has 0 spiro atoms. The van der Waals surface area contributed by atoms with Gasteiger partial charge in [-0.15, -0.1) is 0 Å². The van der Waals surface area contributed by atoms with Crippen LogP contribution in [0.2, 0.25) is 5.02 Å². The van der Waals surface area contributed by atoms with Gasteiger partial charge in [-0.1, -0.05) is 29.8 Å². The predicted octanol–water partition coefficient (Wildman–Crippen LogP) is 2.77. The highest BCUT2D eigenvalue weighted by Gasteiger charge is 2.26. The van der Waals surface area contributed by atoms with Gasteiger partial charge in [-0.3, -0.25) is 14.5 Å². The number of benzene rings is 2. The van der Waals surface area contributed by atoms with Crippen molar-refractivity contribution in [1.29, 1.82) is 0 Å². The van der Waals surface area contributed by atoms with Crippen molar-refractivity contribution in [3.05, 3.63) is 58.1 Å². The van der Waals surface area contributed by atoms with E-state index in [1.165, 1.54) is 11.3 Å². The zero-order valence-corrected chi connectivity index (χ0v) is 19.2. The molecule has 2 aliphatic heterocycles. The number of hydrogen-bond donors (Lipinski definition) is 2. The van der Waals surface area contributed by atoms with Gasteiger partial charge >= 0.3 is 11.8 Å². The predicted molar refractivity (Wildman–Crippen MR) is 126 cm³/mol. The Morgan fingerprint density at radius 2 is 1.91 bits per heavy atom. The van der Waals surface area contributed by atoms with E-state index in [2.05, 4.69) is 45.7 Å². The van der Waals surface area contributed by atoms with Crippen molar-refractivity contribution in [2.45, 2.75) is 19.4 Å². The summed E-state index contributed by atoms with van der Waals surface area (Å²) in [6, 6.07) is 11.7. The number of nitrogens with one attached hydrogen (secondary N) is 2. The largest absolute Gasteiger partial charge is 0.379 e. The molecule has 1 saturated heterocycles. The molecule has 0 aromatic heterocycles. The highest BCUT2D eigenvalue weighted by atomic mass is 35.5. The maximum absolute atomic E-state index is 12.6. The lowest BCUT2D eigenvalue weighted by molar-refractivity contribution is -0.136. The van der Waals surface area contributed by atoms with Crippen molar-refractivity contribution < 1.29 is 14.3 Å². The number of fused-ring (bicyclic) bond motifs is 1. The molecule has 2 amide bonds. The van der Waals surface area contributed by atoms with Gasteiger partial charge in [0.05, 0.1) is 19.3 Å². The first-order valence-electron chi connectivity index (χ1n) is 10.9. The molecular formula is C24H29ClN4O3. The first kappa shape index (κ1) is 22.6. The fourth-order valence-electron chi connectivity index (χ4n) is 4.33. The van der Waals surface area contributed by atoms with E-state index in [0.717, 1.165) is 37.2 Å². The monoisotopic (exact) mass is 456 g/mol. The minimum Gasteiger partial charge on any atom is -0.379 e. The number of rotatable bonds is 5. The van der Waals surface area contributed by atoms with Crippen LogP contribution in [0.5, 0.6) is 0 Å². The molecule has 2 N–H and O–H groups in total. The summed E-state index contributed by atoms with van der Waals surface area (Å²) in [5.74, 6) is -1.37. The molecule has 2 aromatic rings. The molecule has 1 atom stereocenters. The van der Waals surface area contributed by atoms with E-state index in [4.69, 9.17) is 16.3 Å². The van der Waals surface area contributed by atoms with Crippen LogP contribution in [-0.2, 0) is 20.7 Å². The number of halogens is 1. The van der Waals surface area contributed by atoms with Gasteiger partial charge in [0.1, 0.15) is 0 Å². The normalized spacial score (nSPS) is 17.0. The average Bonchev–Trinajstić information content (AvgIpc) is 3.17. The van der Waals surface area contributed by atoms with Crippen molar-refractivity contribution in [2.24, 2.45) is 0 Å². The lowest BCUT2D eigenvalue weighted by atomic mass is 10.0. The van der Waals surface area contributed by atoms with Gasteiger partial charge in [-0.25, -0.2) is 0 Å². The second-order valence-electron chi connectivity index (χ2n) is 8.30. The zero-order chi connectivity index (χ0) is 22.7. The van der Waals surface area contributed by atoms with E-state index in [9.17, 15) is 9.59 Å². The van der Waals surface area contributed by atoms with E-state index in [1.807, 2.05) is 0 Å². The summed E-state index contributed by atoms with van der Waals surface area (Å²) in [6.45, 7) is 6.04. The smallest absolute Gasteiger partial charge is 0.313 e. The van der Waals surface area contributed by atoms with E-state index >= 15 is 0 Å². The number of hydrogen-bond acceptors (Lipinski definition) is 5. The summed E-state index contributed by atoms with van der Waals surface area (Å²) in [6.07, 6.45) is 1.02. The summed E-state index contributed by atoms with van der Waals surface area (Å²) in [5, 5.41) is 6.03. The van der Waals surface area contributed by atoms with Crippen LogP contribution in [0.15, 0.2) is 36.4 Å². The fraction of sp³-hybridized carbons (Fsp3) is 0.417. The standard InChI is InChI=1S/C24H29ClN4O3/c1-16-19(25)4-3-5-20(16)27-24(31)23(30)26-15-22(29-10-12-32-13-11-29)17-6-7-21-18(14-17)8-9-28(21)2/h3-7,14,22H,8-13,15H2,1-2H3,(H,26,30)(H,27,31).